The van der Waals surface area contributed by atoms with Crippen LogP contribution < -0.4 is 15.4 Å². The van der Waals surface area contributed by atoms with Gasteiger partial charge in [-0.1, -0.05) is 37.3 Å². The van der Waals surface area contributed by atoms with Crippen molar-refractivity contribution >= 4 is 23.2 Å². The zero-order chi connectivity index (χ0) is 19.9. The van der Waals surface area contributed by atoms with Gasteiger partial charge in [0.05, 0.1) is 6.61 Å². The Morgan fingerprint density at radius 3 is 2.39 bits per heavy atom. The molecule has 0 aliphatic heterocycles. The molecular weight excluding hydrogens is 374 g/mol. The smallest absolute Gasteiger partial charge is 0.209 e. The summed E-state index contributed by atoms with van der Waals surface area (Å²) in [5.74, 6) is 1.33. The van der Waals surface area contributed by atoms with E-state index in [1.807, 2.05) is 42.6 Å². The van der Waals surface area contributed by atoms with Crippen LogP contribution in [0, 0.1) is 11.5 Å². The maximum absolute atomic E-state index is 8.83. The van der Waals surface area contributed by atoms with Crippen molar-refractivity contribution in [2.24, 2.45) is 4.99 Å². The van der Waals surface area contributed by atoms with Gasteiger partial charge in [-0.05, 0) is 49.2 Å². The van der Waals surface area contributed by atoms with E-state index in [0.717, 1.165) is 48.7 Å². The molecule has 0 bridgehead atoms. The van der Waals surface area contributed by atoms with E-state index in [9.17, 15) is 0 Å². The molecule has 1 aromatic heterocycles. The third-order valence-electron chi connectivity index (χ3n) is 4.02. The van der Waals surface area contributed by atoms with Gasteiger partial charge in [-0.3, -0.25) is 15.3 Å². The molecular formula is C21H26ClN5O. The molecule has 0 saturated carbocycles. The van der Waals surface area contributed by atoms with Crippen molar-refractivity contribution in [1.29, 1.82) is 5.26 Å². The predicted octanol–water partition coefficient (Wildman–Crippen LogP) is 4.99. The van der Waals surface area contributed by atoms with E-state index in [1.54, 1.807) is 12.4 Å². The van der Waals surface area contributed by atoms with Gasteiger partial charge >= 0.3 is 0 Å². The fourth-order valence-corrected chi connectivity index (χ4v) is 2.69. The third-order valence-corrected chi connectivity index (χ3v) is 4.27. The first kappa shape index (κ1) is 21.5. The molecule has 2 rings (SSSR count). The molecule has 0 atom stereocenters. The first-order valence-electron chi connectivity index (χ1n) is 9.53. The van der Waals surface area contributed by atoms with Gasteiger partial charge in [0.2, 0.25) is 5.96 Å². The van der Waals surface area contributed by atoms with Gasteiger partial charge in [0.1, 0.15) is 5.75 Å². The molecule has 1 aromatic carbocycles. The standard InChI is InChI=1S/C21H26ClN5O/c22-18-7-9-20(10-8-18)28-16-6-4-2-1-3-5-13-25-21(26-17-23)27-19-11-14-24-15-12-19/h7-12,14-15H,1-6,13,16H2,(H2,24,25,26,27). The van der Waals surface area contributed by atoms with Gasteiger partial charge in [0.25, 0.3) is 0 Å². The maximum Gasteiger partial charge on any atom is 0.209 e. The minimum Gasteiger partial charge on any atom is -0.494 e. The molecule has 6 nitrogen and oxygen atoms in total. The molecule has 0 unspecified atom stereocenters. The molecule has 0 aliphatic rings. The van der Waals surface area contributed by atoms with Crippen LogP contribution in [0.4, 0.5) is 5.69 Å². The molecule has 0 spiro atoms. The topological polar surface area (TPSA) is 82.3 Å². The van der Waals surface area contributed by atoms with Crippen LogP contribution >= 0.6 is 11.6 Å². The first-order valence-corrected chi connectivity index (χ1v) is 9.90. The number of hydrogen-bond acceptors (Lipinski definition) is 4. The number of rotatable bonds is 11. The van der Waals surface area contributed by atoms with Crippen molar-refractivity contribution in [3.63, 3.8) is 0 Å². The van der Waals surface area contributed by atoms with Crippen molar-refractivity contribution in [2.75, 3.05) is 18.5 Å². The van der Waals surface area contributed by atoms with Crippen molar-refractivity contribution in [1.82, 2.24) is 10.3 Å². The molecule has 0 fully saturated rings. The molecule has 7 heteroatoms. The van der Waals surface area contributed by atoms with Gasteiger partial charge in [-0.25, -0.2) is 0 Å². The number of nitrogens with zero attached hydrogens (tertiary/aromatic N) is 3. The number of nitrogens with one attached hydrogen (secondary N) is 2. The Hall–Kier alpha value is -2.78. The van der Waals surface area contributed by atoms with Crippen LogP contribution in [0.15, 0.2) is 53.8 Å². The molecule has 2 aromatic rings. The zero-order valence-electron chi connectivity index (χ0n) is 15.9. The Kier molecular flexibility index (Phi) is 10.3. The number of nitriles is 1. The van der Waals surface area contributed by atoms with Gasteiger partial charge < -0.3 is 10.1 Å². The lowest BCUT2D eigenvalue weighted by molar-refractivity contribution is 0.304. The van der Waals surface area contributed by atoms with E-state index in [0.29, 0.717) is 12.5 Å². The molecule has 0 saturated heterocycles. The molecule has 0 radical (unpaired) electrons. The summed E-state index contributed by atoms with van der Waals surface area (Å²) in [6, 6.07) is 11.1. The Morgan fingerprint density at radius 1 is 1.00 bits per heavy atom. The molecule has 0 aliphatic carbocycles. The van der Waals surface area contributed by atoms with Crippen LogP contribution in [0.3, 0.4) is 0 Å². The lowest BCUT2D eigenvalue weighted by Gasteiger charge is -2.07. The number of benzene rings is 1. The fourth-order valence-electron chi connectivity index (χ4n) is 2.57. The van der Waals surface area contributed by atoms with Crippen LogP contribution in [-0.4, -0.2) is 24.1 Å². The summed E-state index contributed by atoms with van der Waals surface area (Å²) in [4.78, 5) is 8.38. The minimum absolute atomic E-state index is 0.466. The summed E-state index contributed by atoms with van der Waals surface area (Å²) in [7, 11) is 0. The Balaban J connectivity index is 1.51. The van der Waals surface area contributed by atoms with Gasteiger partial charge in [-0.2, -0.15) is 5.26 Å². The average molecular weight is 400 g/mol. The predicted molar refractivity (Wildman–Crippen MR) is 114 cm³/mol. The number of hydrogen-bond donors (Lipinski definition) is 2. The number of unbranched alkanes of at least 4 members (excludes halogenated alkanes) is 5. The molecule has 28 heavy (non-hydrogen) atoms. The highest BCUT2D eigenvalue weighted by Gasteiger charge is 1.99. The van der Waals surface area contributed by atoms with E-state index < -0.39 is 0 Å². The average Bonchev–Trinajstić information content (AvgIpc) is 2.71. The van der Waals surface area contributed by atoms with E-state index in [-0.39, 0.29) is 0 Å². The van der Waals surface area contributed by atoms with Crippen LogP contribution in [0.25, 0.3) is 0 Å². The highest BCUT2D eigenvalue weighted by molar-refractivity contribution is 6.30. The second-order valence-electron chi connectivity index (χ2n) is 6.25. The molecule has 2 N–H and O–H groups in total. The number of halogens is 1. The van der Waals surface area contributed by atoms with Gasteiger partial charge in [0, 0.05) is 29.6 Å². The van der Waals surface area contributed by atoms with E-state index in [4.69, 9.17) is 21.6 Å². The summed E-state index contributed by atoms with van der Waals surface area (Å²) < 4.78 is 5.68. The highest BCUT2D eigenvalue weighted by Crippen LogP contribution is 2.16. The van der Waals surface area contributed by atoms with Crippen LogP contribution in [-0.2, 0) is 0 Å². The summed E-state index contributed by atoms with van der Waals surface area (Å²) in [5, 5.41) is 15.2. The monoisotopic (exact) mass is 399 g/mol. The lowest BCUT2D eigenvalue weighted by atomic mass is 10.1. The quantitative estimate of drug-likeness (QED) is 0.183. The summed E-state index contributed by atoms with van der Waals surface area (Å²) in [6.45, 7) is 1.41. The number of aromatic nitrogens is 1. The Bertz CT molecular complexity index is 744. The fraction of sp³-hybridized carbons (Fsp3) is 0.381. The van der Waals surface area contributed by atoms with Crippen LogP contribution in [0.2, 0.25) is 5.02 Å². The second-order valence-corrected chi connectivity index (χ2v) is 6.69. The number of pyridine rings is 1. The largest absolute Gasteiger partial charge is 0.494 e. The zero-order valence-corrected chi connectivity index (χ0v) is 16.7. The Labute approximate surface area is 171 Å². The number of ether oxygens (including phenoxy) is 1. The van der Waals surface area contributed by atoms with Crippen LogP contribution in [0.1, 0.15) is 38.5 Å². The van der Waals surface area contributed by atoms with Crippen molar-refractivity contribution < 1.29 is 4.74 Å². The van der Waals surface area contributed by atoms with Crippen molar-refractivity contribution in [2.45, 2.75) is 38.5 Å². The molecule has 1 heterocycles. The first-order chi connectivity index (χ1) is 13.8. The third kappa shape index (κ3) is 9.24. The maximum atomic E-state index is 8.83. The van der Waals surface area contributed by atoms with E-state index in [1.165, 1.54) is 12.8 Å². The molecule has 0 amide bonds. The number of guanidine groups is 1. The van der Waals surface area contributed by atoms with E-state index >= 15 is 0 Å². The lowest BCUT2D eigenvalue weighted by Crippen LogP contribution is -2.27. The minimum atomic E-state index is 0.466. The van der Waals surface area contributed by atoms with Crippen molar-refractivity contribution in [3.8, 4) is 11.9 Å². The Morgan fingerprint density at radius 2 is 1.68 bits per heavy atom. The number of aliphatic imine (C=N–C) groups is 1. The SMILES string of the molecule is N#CNC(=NCCCCCCCCOc1ccc(Cl)cc1)Nc1ccncc1. The van der Waals surface area contributed by atoms with Gasteiger partial charge in [0.15, 0.2) is 6.19 Å². The van der Waals surface area contributed by atoms with E-state index in [2.05, 4.69) is 20.6 Å². The van der Waals surface area contributed by atoms with Gasteiger partial charge in [-0.15, -0.1) is 0 Å². The van der Waals surface area contributed by atoms with Crippen molar-refractivity contribution in [3.05, 3.63) is 53.8 Å². The highest BCUT2D eigenvalue weighted by atomic mass is 35.5. The van der Waals surface area contributed by atoms with Crippen LogP contribution in [0.5, 0.6) is 5.75 Å². The second kappa shape index (κ2) is 13.4. The summed E-state index contributed by atoms with van der Waals surface area (Å²) in [6.07, 6.45) is 12.0. The summed E-state index contributed by atoms with van der Waals surface area (Å²) in [5.41, 5.74) is 0.845. The number of anilines is 1. The normalized spacial score (nSPS) is 10.9. The molecule has 148 valence electrons. The summed E-state index contributed by atoms with van der Waals surface area (Å²) >= 11 is 5.85.